The lowest BCUT2D eigenvalue weighted by Crippen LogP contribution is -2.16. The highest BCUT2D eigenvalue weighted by Crippen LogP contribution is 2.20. The van der Waals surface area contributed by atoms with Crippen LogP contribution >= 0.6 is 0 Å². The van der Waals surface area contributed by atoms with Crippen molar-refractivity contribution in [1.29, 1.82) is 0 Å². The van der Waals surface area contributed by atoms with Gasteiger partial charge >= 0.3 is 0 Å². The van der Waals surface area contributed by atoms with Crippen molar-refractivity contribution >= 4 is 11.0 Å². The lowest BCUT2D eigenvalue weighted by molar-refractivity contribution is 0.628. The molecule has 7 heteroatoms. The first-order chi connectivity index (χ1) is 10.7. The van der Waals surface area contributed by atoms with Gasteiger partial charge in [0.1, 0.15) is 16.8 Å². The van der Waals surface area contributed by atoms with Crippen molar-refractivity contribution < 1.29 is 8.60 Å². The maximum Gasteiger partial charge on any atom is 0.125 e. The molecule has 0 bridgehead atoms. The van der Waals surface area contributed by atoms with Crippen molar-refractivity contribution in [3.63, 3.8) is 0 Å². The summed E-state index contributed by atoms with van der Waals surface area (Å²) in [7, 11) is -1.33. The summed E-state index contributed by atoms with van der Waals surface area (Å²) in [5, 5.41) is 10.1. The molecule has 0 fully saturated rings. The Morgan fingerprint density at radius 1 is 1.05 bits per heavy atom. The molecule has 0 saturated carbocycles. The van der Waals surface area contributed by atoms with Gasteiger partial charge in [0, 0.05) is 0 Å². The van der Waals surface area contributed by atoms with Crippen LogP contribution in [0.2, 0.25) is 0 Å². The number of aromatic nitrogens is 3. The highest BCUT2D eigenvalue weighted by atomic mass is 32.2. The summed E-state index contributed by atoms with van der Waals surface area (Å²) in [4.78, 5) is 0.661. The number of nitrogens with zero attached hydrogens (tertiary/aromatic N) is 2. The van der Waals surface area contributed by atoms with Gasteiger partial charge in [-0.15, -0.1) is 0 Å². The molecule has 2 aromatic carbocycles. The Morgan fingerprint density at radius 2 is 1.68 bits per heavy atom. The Balaban J connectivity index is 1.68. The Kier molecular flexibility index (Phi) is 4.36. The molecular formula is C15H13FN4OS. The SMILES string of the molecule is O=S(NCc1cn[nH]n1)c1ccc(-c2ccc(F)cc2)cc1. The van der Waals surface area contributed by atoms with E-state index in [1.165, 1.54) is 12.1 Å². The quantitative estimate of drug-likeness (QED) is 0.759. The number of hydrogen-bond donors (Lipinski definition) is 2. The van der Waals surface area contributed by atoms with Crippen LogP contribution in [0.3, 0.4) is 0 Å². The maximum absolute atomic E-state index is 12.9. The van der Waals surface area contributed by atoms with Gasteiger partial charge in [-0.3, -0.25) is 0 Å². The number of benzene rings is 2. The van der Waals surface area contributed by atoms with E-state index in [4.69, 9.17) is 0 Å². The summed E-state index contributed by atoms with van der Waals surface area (Å²) in [6, 6.07) is 13.5. The van der Waals surface area contributed by atoms with E-state index in [2.05, 4.69) is 20.1 Å². The first kappa shape index (κ1) is 14.6. The average molecular weight is 316 g/mol. The van der Waals surface area contributed by atoms with Gasteiger partial charge in [-0.05, 0) is 35.4 Å². The van der Waals surface area contributed by atoms with E-state index in [9.17, 15) is 8.60 Å². The first-order valence-corrected chi connectivity index (χ1v) is 7.73. The second-order valence-corrected chi connectivity index (χ2v) is 5.88. The fourth-order valence-electron chi connectivity index (χ4n) is 1.95. The number of H-pyrrole nitrogens is 1. The van der Waals surface area contributed by atoms with Gasteiger partial charge in [-0.1, -0.05) is 24.3 Å². The number of hydrogen-bond acceptors (Lipinski definition) is 3. The van der Waals surface area contributed by atoms with E-state index in [1.807, 2.05) is 12.1 Å². The third-order valence-corrected chi connectivity index (χ3v) is 4.20. The van der Waals surface area contributed by atoms with Crippen molar-refractivity contribution in [3.05, 3.63) is 66.2 Å². The molecule has 3 rings (SSSR count). The Labute approximate surface area is 129 Å². The second-order valence-electron chi connectivity index (χ2n) is 4.58. The molecule has 0 aliphatic heterocycles. The molecule has 112 valence electrons. The minimum Gasteiger partial charge on any atom is -0.237 e. The Morgan fingerprint density at radius 3 is 2.27 bits per heavy atom. The number of nitrogens with one attached hydrogen (secondary N) is 2. The molecule has 0 aliphatic rings. The lowest BCUT2D eigenvalue weighted by Gasteiger charge is -2.05. The average Bonchev–Trinajstić information content (AvgIpc) is 3.07. The van der Waals surface area contributed by atoms with Crippen molar-refractivity contribution in [3.8, 4) is 11.1 Å². The fraction of sp³-hybridized carbons (Fsp3) is 0.0667. The monoisotopic (exact) mass is 316 g/mol. The zero-order valence-electron chi connectivity index (χ0n) is 11.5. The molecular weight excluding hydrogens is 303 g/mol. The Bertz CT molecular complexity index is 757. The summed E-state index contributed by atoms with van der Waals surface area (Å²) < 4.78 is 27.9. The topological polar surface area (TPSA) is 70.7 Å². The van der Waals surface area contributed by atoms with E-state index in [0.717, 1.165) is 11.1 Å². The van der Waals surface area contributed by atoms with E-state index in [0.29, 0.717) is 17.1 Å². The van der Waals surface area contributed by atoms with Gasteiger partial charge in [-0.2, -0.15) is 15.4 Å². The summed E-state index contributed by atoms with van der Waals surface area (Å²) in [5.41, 5.74) is 2.54. The van der Waals surface area contributed by atoms with Gasteiger partial charge in [0.25, 0.3) is 0 Å². The fourth-order valence-corrected chi connectivity index (χ4v) is 2.78. The summed E-state index contributed by atoms with van der Waals surface area (Å²) in [6.45, 7) is 0.364. The summed E-state index contributed by atoms with van der Waals surface area (Å²) in [5.74, 6) is -0.265. The predicted octanol–water partition coefficient (Wildman–Crippen LogP) is 2.42. The summed E-state index contributed by atoms with van der Waals surface area (Å²) >= 11 is 0. The molecule has 3 aromatic rings. The third kappa shape index (κ3) is 3.44. The highest BCUT2D eigenvalue weighted by molar-refractivity contribution is 7.83. The van der Waals surface area contributed by atoms with Crippen molar-refractivity contribution in [2.75, 3.05) is 0 Å². The largest absolute Gasteiger partial charge is 0.237 e. The second kappa shape index (κ2) is 6.59. The van der Waals surface area contributed by atoms with Crippen LogP contribution in [0.4, 0.5) is 4.39 Å². The molecule has 0 spiro atoms. The first-order valence-electron chi connectivity index (χ1n) is 6.58. The molecule has 0 radical (unpaired) electrons. The zero-order chi connectivity index (χ0) is 15.4. The lowest BCUT2D eigenvalue weighted by atomic mass is 10.1. The standard InChI is InChI=1S/C15H13FN4OS/c16-13-5-1-11(2-6-13)12-3-7-15(8-4-12)22(21)18-10-14-9-17-20-19-14/h1-9,18H,10H2,(H,17,19,20). The molecule has 0 amide bonds. The van der Waals surface area contributed by atoms with Crippen LogP contribution in [0.5, 0.6) is 0 Å². The van der Waals surface area contributed by atoms with Crippen LogP contribution in [0.1, 0.15) is 5.69 Å². The smallest absolute Gasteiger partial charge is 0.125 e. The van der Waals surface area contributed by atoms with Crippen LogP contribution in [0, 0.1) is 5.82 Å². The van der Waals surface area contributed by atoms with Crippen LogP contribution in [-0.2, 0) is 17.5 Å². The normalized spacial score (nSPS) is 12.2. The van der Waals surface area contributed by atoms with Crippen molar-refractivity contribution in [1.82, 2.24) is 20.1 Å². The van der Waals surface area contributed by atoms with Crippen LogP contribution < -0.4 is 4.72 Å². The number of aromatic amines is 1. The van der Waals surface area contributed by atoms with E-state index < -0.39 is 11.0 Å². The maximum atomic E-state index is 12.9. The molecule has 1 heterocycles. The van der Waals surface area contributed by atoms with E-state index >= 15 is 0 Å². The molecule has 0 saturated heterocycles. The Hall–Kier alpha value is -2.38. The van der Waals surface area contributed by atoms with Gasteiger partial charge in [0.15, 0.2) is 0 Å². The van der Waals surface area contributed by atoms with Crippen LogP contribution in [-0.4, -0.2) is 19.6 Å². The van der Waals surface area contributed by atoms with Gasteiger partial charge < -0.3 is 0 Å². The predicted molar refractivity (Wildman–Crippen MR) is 81.5 cm³/mol. The van der Waals surface area contributed by atoms with Gasteiger partial charge in [-0.25, -0.2) is 13.3 Å². The minimum atomic E-state index is -1.33. The zero-order valence-corrected chi connectivity index (χ0v) is 12.3. The van der Waals surface area contributed by atoms with Gasteiger partial charge in [0.2, 0.25) is 0 Å². The van der Waals surface area contributed by atoms with Gasteiger partial charge in [0.05, 0.1) is 23.3 Å². The third-order valence-electron chi connectivity index (χ3n) is 3.10. The molecule has 2 N–H and O–H groups in total. The number of halogens is 1. The van der Waals surface area contributed by atoms with Crippen LogP contribution in [0.25, 0.3) is 11.1 Å². The molecule has 1 atom stereocenters. The minimum absolute atomic E-state index is 0.265. The molecule has 5 nitrogen and oxygen atoms in total. The van der Waals surface area contributed by atoms with Crippen molar-refractivity contribution in [2.45, 2.75) is 11.4 Å². The van der Waals surface area contributed by atoms with Crippen molar-refractivity contribution in [2.24, 2.45) is 0 Å². The van der Waals surface area contributed by atoms with E-state index in [1.54, 1.807) is 30.5 Å². The number of rotatable bonds is 5. The molecule has 1 unspecified atom stereocenters. The van der Waals surface area contributed by atoms with Crippen LogP contribution in [0.15, 0.2) is 59.6 Å². The molecule has 0 aliphatic carbocycles. The molecule has 1 aromatic heterocycles. The summed E-state index contributed by atoms with van der Waals surface area (Å²) in [6.07, 6.45) is 1.57. The highest BCUT2D eigenvalue weighted by Gasteiger charge is 2.06. The van der Waals surface area contributed by atoms with E-state index in [-0.39, 0.29) is 5.82 Å². The molecule has 22 heavy (non-hydrogen) atoms.